The maximum atomic E-state index is 12.0. The van der Waals surface area contributed by atoms with E-state index in [-0.39, 0.29) is 17.7 Å². The number of carbonyl (C=O) groups excluding carboxylic acids is 3. The fourth-order valence-corrected chi connectivity index (χ4v) is 2.80. The Bertz CT molecular complexity index is 520. The molecule has 1 aliphatic heterocycles. The molecule has 0 bridgehead atoms. The molecule has 0 aromatic heterocycles. The van der Waals surface area contributed by atoms with Crippen LogP contribution in [-0.4, -0.2) is 40.9 Å². The molecule has 1 fully saturated rings. The van der Waals surface area contributed by atoms with Crippen LogP contribution < -0.4 is 10.6 Å². The molecule has 1 unspecified atom stereocenters. The first kappa shape index (κ1) is 13.4. The van der Waals surface area contributed by atoms with E-state index in [1.807, 2.05) is 6.07 Å². The molecule has 1 saturated heterocycles. The number of carbonyl (C=O) groups is 3. The van der Waals surface area contributed by atoms with Crippen LogP contribution >= 0.6 is 11.8 Å². The second kappa shape index (κ2) is 5.31. The lowest BCUT2D eigenvalue weighted by atomic mass is 10.2. The summed E-state index contributed by atoms with van der Waals surface area (Å²) in [5, 5.41) is -1.08. The predicted octanol–water partition coefficient (Wildman–Crippen LogP) is 0.630. The molecular weight excluding hydrogens is 266 g/mol. The highest BCUT2D eigenvalue weighted by molar-refractivity contribution is 8.15. The minimum Gasteiger partial charge on any atom is -0.368 e. The normalized spacial score (nSPS) is 18.8. The van der Waals surface area contributed by atoms with Gasteiger partial charge in [0.25, 0.3) is 11.1 Å². The van der Waals surface area contributed by atoms with Crippen LogP contribution in [0.25, 0.3) is 0 Å². The van der Waals surface area contributed by atoms with Crippen LogP contribution in [0, 0.1) is 0 Å². The van der Waals surface area contributed by atoms with Crippen molar-refractivity contribution >= 4 is 34.5 Å². The van der Waals surface area contributed by atoms with Crippen molar-refractivity contribution in [3.8, 4) is 0 Å². The average molecular weight is 279 g/mol. The Hall–Kier alpha value is -2.02. The summed E-state index contributed by atoms with van der Waals surface area (Å²) in [5.41, 5.74) is 5.89. The summed E-state index contributed by atoms with van der Waals surface area (Å²) in [6, 6.07) is 8.93. The number of thioether (sulfide) groups is 1. The maximum absolute atomic E-state index is 12.0. The van der Waals surface area contributed by atoms with Crippen molar-refractivity contribution in [1.29, 1.82) is 0 Å². The number of imide groups is 1. The molecule has 3 amide bonds. The Morgan fingerprint density at radius 1 is 1.37 bits per heavy atom. The molecule has 1 aromatic carbocycles. The fraction of sp³-hybridized carbons (Fsp3) is 0.250. The quantitative estimate of drug-likeness (QED) is 0.874. The number of para-hydroxylation sites is 1. The summed E-state index contributed by atoms with van der Waals surface area (Å²) in [5.74, 6) is -0.903. The van der Waals surface area contributed by atoms with Crippen molar-refractivity contribution < 1.29 is 14.4 Å². The van der Waals surface area contributed by atoms with E-state index in [0.29, 0.717) is 5.69 Å². The van der Waals surface area contributed by atoms with Gasteiger partial charge in [0.2, 0.25) is 5.91 Å². The molecule has 7 heteroatoms. The molecule has 0 radical (unpaired) electrons. The second-order valence-electron chi connectivity index (χ2n) is 4.06. The largest absolute Gasteiger partial charge is 0.368 e. The molecule has 1 aliphatic rings. The zero-order chi connectivity index (χ0) is 14.0. The van der Waals surface area contributed by atoms with Crippen molar-refractivity contribution in [2.24, 2.45) is 5.73 Å². The topological polar surface area (TPSA) is 83.7 Å². The molecule has 0 aliphatic carbocycles. The van der Waals surface area contributed by atoms with E-state index in [1.165, 1.54) is 11.9 Å². The van der Waals surface area contributed by atoms with Gasteiger partial charge in [-0.15, -0.1) is 0 Å². The van der Waals surface area contributed by atoms with Crippen LogP contribution in [0.15, 0.2) is 30.3 Å². The first-order valence-electron chi connectivity index (χ1n) is 5.59. The Labute approximate surface area is 114 Å². The zero-order valence-corrected chi connectivity index (χ0v) is 11.1. The van der Waals surface area contributed by atoms with Crippen LogP contribution in [0.3, 0.4) is 0 Å². The van der Waals surface area contributed by atoms with Crippen molar-refractivity contribution in [2.75, 3.05) is 18.5 Å². The van der Waals surface area contributed by atoms with Gasteiger partial charge in [-0.25, -0.2) is 0 Å². The van der Waals surface area contributed by atoms with E-state index in [2.05, 4.69) is 0 Å². The molecule has 6 nitrogen and oxygen atoms in total. The highest BCUT2D eigenvalue weighted by atomic mass is 32.2. The van der Waals surface area contributed by atoms with Gasteiger partial charge in [0.15, 0.2) is 5.37 Å². The Morgan fingerprint density at radius 3 is 2.47 bits per heavy atom. The van der Waals surface area contributed by atoms with Gasteiger partial charge in [-0.1, -0.05) is 18.2 Å². The third-order valence-corrected chi connectivity index (χ3v) is 3.88. The number of nitrogens with two attached hydrogens (primary N) is 1. The lowest BCUT2D eigenvalue weighted by Crippen LogP contribution is -2.44. The van der Waals surface area contributed by atoms with Crippen LogP contribution in [0.1, 0.15) is 0 Å². The van der Waals surface area contributed by atoms with Gasteiger partial charge in [-0.3, -0.25) is 19.3 Å². The number of likely N-dealkylation sites (N-methyl/N-ethyl adjacent to an activating group) is 1. The highest BCUT2D eigenvalue weighted by Gasteiger charge is 2.41. The summed E-state index contributed by atoms with van der Waals surface area (Å²) >= 11 is 0.882. The van der Waals surface area contributed by atoms with Crippen LogP contribution in [0.4, 0.5) is 10.5 Å². The molecule has 2 N–H and O–H groups in total. The van der Waals surface area contributed by atoms with Crippen molar-refractivity contribution in [3.63, 3.8) is 0 Å². The zero-order valence-electron chi connectivity index (χ0n) is 10.3. The van der Waals surface area contributed by atoms with Crippen molar-refractivity contribution in [2.45, 2.75) is 5.37 Å². The standard InChI is InChI=1S/C12H13N3O3S/c1-14-10(17)11(19-12(14)18)15(7-9(13)16)8-5-3-2-4-6-8/h2-6,11H,7H2,1H3,(H2,13,16). The Kier molecular flexibility index (Phi) is 3.75. The van der Waals surface area contributed by atoms with Crippen molar-refractivity contribution in [1.82, 2.24) is 4.90 Å². The third kappa shape index (κ3) is 2.70. The number of rotatable bonds is 4. The van der Waals surface area contributed by atoms with E-state index in [9.17, 15) is 14.4 Å². The number of nitrogens with zero attached hydrogens (tertiary/aromatic N) is 2. The summed E-state index contributed by atoms with van der Waals surface area (Å²) in [6.45, 7) is -0.117. The van der Waals surface area contributed by atoms with Crippen LogP contribution in [0.5, 0.6) is 0 Å². The van der Waals surface area contributed by atoms with E-state index in [0.717, 1.165) is 16.7 Å². The molecule has 1 atom stereocenters. The monoisotopic (exact) mass is 279 g/mol. The van der Waals surface area contributed by atoms with Crippen molar-refractivity contribution in [3.05, 3.63) is 30.3 Å². The van der Waals surface area contributed by atoms with Gasteiger partial charge in [0.1, 0.15) is 0 Å². The van der Waals surface area contributed by atoms with Crippen LogP contribution in [0.2, 0.25) is 0 Å². The summed E-state index contributed by atoms with van der Waals surface area (Å²) in [6.07, 6.45) is 0. The number of anilines is 1. The van der Waals surface area contributed by atoms with E-state index >= 15 is 0 Å². The minimum atomic E-state index is -0.743. The molecule has 0 saturated carbocycles. The first-order valence-corrected chi connectivity index (χ1v) is 6.47. The van der Waals surface area contributed by atoms with Gasteiger partial charge in [0.05, 0.1) is 6.54 Å². The van der Waals surface area contributed by atoms with E-state index < -0.39 is 11.3 Å². The number of amides is 3. The Balaban J connectivity index is 2.31. The fourth-order valence-electron chi connectivity index (χ4n) is 1.77. The van der Waals surface area contributed by atoms with Crippen LogP contribution in [-0.2, 0) is 9.59 Å². The van der Waals surface area contributed by atoms with Gasteiger partial charge in [-0.2, -0.15) is 0 Å². The van der Waals surface area contributed by atoms with E-state index in [4.69, 9.17) is 5.73 Å². The van der Waals surface area contributed by atoms with Gasteiger partial charge in [0, 0.05) is 12.7 Å². The maximum Gasteiger partial charge on any atom is 0.290 e. The number of primary amides is 1. The molecule has 0 spiro atoms. The number of hydrogen-bond donors (Lipinski definition) is 1. The number of hydrogen-bond acceptors (Lipinski definition) is 5. The third-order valence-electron chi connectivity index (χ3n) is 2.73. The molecule has 1 heterocycles. The summed E-state index contributed by atoms with van der Waals surface area (Å²) in [7, 11) is 1.42. The van der Waals surface area contributed by atoms with E-state index in [1.54, 1.807) is 24.3 Å². The lowest BCUT2D eigenvalue weighted by Gasteiger charge is -2.27. The molecule has 2 rings (SSSR count). The second-order valence-corrected chi connectivity index (χ2v) is 5.09. The van der Waals surface area contributed by atoms with Gasteiger partial charge < -0.3 is 10.6 Å². The highest BCUT2D eigenvalue weighted by Crippen LogP contribution is 2.31. The first-order chi connectivity index (χ1) is 9.00. The smallest absolute Gasteiger partial charge is 0.290 e. The minimum absolute atomic E-state index is 0.117. The summed E-state index contributed by atoms with van der Waals surface area (Å²) in [4.78, 5) is 37.3. The molecular formula is C12H13N3O3S. The molecule has 100 valence electrons. The predicted molar refractivity (Wildman–Crippen MR) is 72.5 cm³/mol. The van der Waals surface area contributed by atoms with Gasteiger partial charge in [-0.05, 0) is 23.9 Å². The molecule has 1 aromatic rings. The molecule has 19 heavy (non-hydrogen) atoms. The lowest BCUT2D eigenvalue weighted by molar-refractivity contribution is -0.125. The SMILES string of the molecule is CN1C(=O)SC(N(CC(N)=O)c2ccccc2)C1=O. The van der Waals surface area contributed by atoms with Gasteiger partial charge >= 0.3 is 0 Å². The number of benzene rings is 1. The Morgan fingerprint density at radius 2 is 2.00 bits per heavy atom. The summed E-state index contributed by atoms with van der Waals surface area (Å²) < 4.78 is 0. The average Bonchev–Trinajstić information content (AvgIpc) is 2.64.